The zero-order valence-corrected chi connectivity index (χ0v) is 25.4. The zero-order chi connectivity index (χ0) is 26.0. The molecule has 0 heterocycles. The Bertz CT molecular complexity index is 378. The molecule has 0 rings (SSSR count). The largest absolute Gasteiger partial charge is 0.0885 e. The molecule has 0 aliphatic carbocycles. The van der Waals surface area contributed by atoms with Crippen LogP contribution in [-0.4, -0.2) is 0 Å². The molecule has 36 heavy (non-hydrogen) atoms. The lowest BCUT2D eigenvalue weighted by atomic mass is 10.0. The van der Waals surface area contributed by atoms with Crippen LogP contribution >= 0.6 is 0 Å². The van der Waals surface area contributed by atoms with E-state index in [1.807, 2.05) is 0 Å². The minimum absolute atomic E-state index is 1.30. The third-order valence-corrected chi connectivity index (χ3v) is 7.59. The van der Waals surface area contributed by atoms with Crippen LogP contribution in [0, 0.1) is 6.42 Å². The molecule has 0 amide bonds. The average molecular weight is 502 g/mol. The van der Waals surface area contributed by atoms with Gasteiger partial charge in [-0.25, -0.2) is 0 Å². The zero-order valence-electron chi connectivity index (χ0n) is 25.4. The summed E-state index contributed by atoms with van der Waals surface area (Å²) in [6.07, 6.45) is 52.9. The molecule has 0 saturated carbocycles. The van der Waals surface area contributed by atoms with Crippen molar-refractivity contribution in [2.75, 3.05) is 0 Å². The molecule has 213 valence electrons. The number of hydrogen-bond donors (Lipinski definition) is 0. The van der Waals surface area contributed by atoms with Crippen LogP contribution in [-0.2, 0) is 0 Å². The molecular weight excluding hydrogens is 432 g/mol. The van der Waals surface area contributed by atoms with Gasteiger partial charge in [0.15, 0.2) is 0 Å². The summed E-state index contributed by atoms with van der Waals surface area (Å²) in [7, 11) is 0. The van der Waals surface area contributed by atoms with Gasteiger partial charge in [-0.1, -0.05) is 173 Å². The van der Waals surface area contributed by atoms with Crippen LogP contribution in [0.2, 0.25) is 0 Å². The van der Waals surface area contributed by atoms with Crippen molar-refractivity contribution in [1.29, 1.82) is 0 Å². The molecule has 0 aromatic rings. The second-order valence-corrected chi connectivity index (χ2v) is 11.4. The van der Waals surface area contributed by atoms with E-state index < -0.39 is 0 Å². The van der Waals surface area contributed by atoms with Gasteiger partial charge in [-0.05, 0) is 57.8 Å². The highest BCUT2D eigenvalue weighted by Crippen LogP contribution is 2.14. The van der Waals surface area contributed by atoms with Gasteiger partial charge in [-0.2, -0.15) is 0 Å². The first-order valence-corrected chi connectivity index (χ1v) is 17.0. The van der Waals surface area contributed by atoms with Crippen LogP contribution < -0.4 is 0 Å². The third-order valence-electron chi connectivity index (χ3n) is 7.59. The third kappa shape index (κ3) is 33.5. The molecule has 0 saturated heterocycles. The number of unbranched alkanes of at least 4 members (excludes halogenated alkanes) is 27. The Morgan fingerprint density at radius 1 is 0.250 bits per heavy atom. The quantitative estimate of drug-likeness (QED) is 0.0654. The number of hydrogen-bond acceptors (Lipinski definition) is 0. The van der Waals surface area contributed by atoms with Crippen molar-refractivity contribution in [3.63, 3.8) is 0 Å². The SMILES string of the molecule is CCCCCCCCC=CCCCCCCC[CH]CCCCCCCC/C=C\CCCCCCCC. The van der Waals surface area contributed by atoms with Gasteiger partial charge in [0.05, 0.1) is 0 Å². The summed E-state index contributed by atoms with van der Waals surface area (Å²) >= 11 is 0. The average Bonchev–Trinajstić information content (AvgIpc) is 2.89. The fraction of sp³-hybridized carbons (Fsp3) is 0.861. The van der Waals surface area contributed by atoms with Crippen molar-refractivity contribution >= 4 is 0 Å². The first kappa shape index (κ1) is 35.5. The predicted octanol–water partition coefficient (Wildman–Crippen LogP) is 13.7. The van der Waals surface area contributed by atoms with E-state index in [2.05, 4.69) is 44.6 Å². The van der Waals surface area contributed by atoms with Gasteiger partial charge in [0.1, 0.15) is 0 Å². The molecule has 0 aromatic carbocycles. The van der Waals surface area contributed by atoms with Gasteiger partial charge in [0.2, 0.25) is 0 Å². The maximum Gasteiger partial charge on any atom is -0.0351 e. The Morgan fingerprint density at radius 3 is 0.750 bits per heavy atom. The highest BCUT2D eigenvalue weighted by molar-refractivity contribution is 4.82. The smallest absolute Gasteiger partial charge is 0.0351 e. The van der Waals surface area contributed by atoms with Crippen LogP contribution in [0.1, 0.15) is 200 Å². The van der Waals surface area contributed by atoms with Crippen LogP contribution in [0.5, 0.6) is 0 Å². The highest BCUT2D eigenvalue weighted by Gasteiger charge is 1.95. The molecular formula is C36H69. The fourth-order valence-corrected chi connectivity index (χ4v) is 5.04. The lowest BCUT2D eigenvalue weighted by Crippen LogP contribution is -1.84. The molecule has 0 nitrogen and oxygen atoms in total. The van der Waals surface area contributed by atoms with Gasteiger partial charge in [0, 0.05) is 0 Å². The van der Waals surface area contributed by atoms with E-state index in [0.29, 0.717) is 0 Å². The summed E-state index contributed by atoms with van der Waals surface area (Å²) in [6, 6.07) is 0. The van der Waals surface area contributed by atoms with Crippen LogP contribution in [0.4, 0.5) is 0 Å². The van der Waals surface area contributed by atoms with Crippen LogP contribution in [0.3, 0.4) is 0 Å². The van der Waals surface area contributed by atoms with E-state index in [4.69, 9.17) is 0 Å². The summed E-state index contributed by atoms with van der Waals surface area (Å²) in [6.45, 7) is 4.59. The summed E-state index contributed by atoms with van der Waals surface area (Å²) in [5.41, 5.74) is 0. The second kappa shape index (κ2) is 34.5. The maximum absolute atomic E-state index is 2.57. The Labute approximate surface area is 230 Å². The van der Waals surface area contributed by atoms with Crippen molar-refractivity contribution < 1.29 is 0 Å². The Kier molecular flexibility index (Phi) is 34.0. The molecule has 1 radical (unpaired) electrons. The minimum Gasteiger partial charge on any atom is -0.0885 e. The molecule has 0 heteroatoms. The van der Waals surface area contributed by atoms with Crippen molar-refractivity contribution in [3.8, 4) is 0 Å². The van der Waals surface area contributed by atoms with Crippen molar-refractivity contribution in [2.45, 2.75) is 200 Å². The summed E-state index contributed by atoms with van der Waals surface area (Å²) in [5, 5.41) is 0. The maximum atomic E-state index is 2.57. The standard InChI is InChI=1S/C36H69/c1-3-5-7-9-11-13-15-17-19-21-23-25-27-29-31-33-35-36-34-32-30-28-26-24-22-20-18-16-14-12-10-8-6-4-2/h17-20,35H,3-16,21-34,36H2,1-2H3/b19-17?,20-18-. The summed E-state index contributed by atoms with van der Waals surface area (Å²) in [4.78, 5) is 0. The molecule has 0 fully saturated rings. The normalized spacial score (nSPS) is 11.9. The Morgan fingerprint density at radius 2 is 0.472 bits per heavy atom. The number of allylic oxidation sites excluding steroid dienone is 4. The Hall–Kier alpha value is -0.520. The van der Waals surface area contributed by atoms with Gasteiger partial charge in [-0.15, -0.1) is 0 Å². The van der Waals surface area contributed by atoms with Crippen LogP contribution in [0.25, 0.3) is 0 Å². The van der Waals surface area contributed by atoms with E-state index in [1.165, 1.54) is 186 Å². The second-order valence-electron chi connectivity index (χ2n) is 11.4. The van der Waals surface area contributed by atoms with Crippen molar-refractivity contribution in [1.82, 2.24) is 0 Å². The molecule has 0 bridgehead atoms. The van der Waals surface area contributed by atoms with Gasteiger partial charge in [-0.3, -0.25) is 0 Å². The fourth-order valence-electron chi connectivity index (χ4n) is 5.04. The van der Waals surface area contributed by atoms with E-state index >= 15 is 0 Å². The molecule has 0 aliphatic rings. The first-order valence-electron chi connectivity index (χ1n) is 17.0. The lowest BCUT2D eigenvalue weighted by Gasteiger charge is -2.03. The Balaban J connectivity index is 3.09. The topological polar surface area (TPSA) is 0 Å². The van der Waals surface area contributed by atoms with Crippen LogP contribution in [0.15, 0.2) is 24.3 Å². The van der Waals surface area contributed by atoms with Crippen molar-refractivity contribution in [2.24, 2.45) is 0 Å². The molecule has 0 spiro atoms. The van der Waals surface area contributed by atoms with E-state index in [-0.39, 0.29) is 0 Å². The molecule has 0 unspecified atom stereocenters. The predicted molar refractivity (Wildman–Crippen MR) is 168 cm³/mol. The molecule has 0 N–H and O–H groups in total. The van der Waals surface area contributed by atoms with Gasteiger partial charge < -0.3 is 0 Å². The first-order chi connectivity index (χ1) is 17.9. The lowest BCUT2D eigenvalue weighted by molar-refractivity contribution is 0.578. The molecule has 0 aliphatic heterocycles. The summed E-state index contributed by atoms with van der Waals surface area (Å²) in [5.74, 6) is 0. The van der Waals surface area contributed by atoms with Gasteiger partial charge >= 0.3 is 0 Å². The molecule has 0 atom stereocenters. The van der Waals surface area contributed by atoms with E-state index in [1.54, 1.807) is 0 Å². The number of rotatable bonds is 31. The molecule has 0 aromatic heterocycles. The minimum atomic E-state index is 1.30. The van der Waals surface area contributed by atoms with Crippen molar-refractivity contribution in [3.05, 3.63) is 30.7 Å². The van der Waals surface area contributed by atoms with E-state index in [9.17, 15) is 0 Å². The van der Waals surface area contributed by atoms with E-state index in [0.717, 1.165) is 0 Å². The van der Waals surface area contributed by atoms with Gasteiger partial charge in [0.25, 0.3) is 0 Å². The monoisotopic (exact) mass is 502 g/mol. The summed E-state index contributed by atoms with van der Waals surface area (Å²) < 4.78 is 0. The highest BCUT2D eigenvalue weighted by atomic mass is 14.0.